The quantitative estimate of drug-likeness (QED) is 0.773. The van der Waals surface area contributed by atoms with Gasteiger partial charge >= 0.3 is 0 Å². The Kier molecular flexibility index (Phi) is 5.23. The van der Waals surface area contributed by atoms with Gasteiger partial charge in [-0.2, -0.15) is 0 Å². The maximum Gasteiger partial charge on any atom is 0.126 e. The molecule has 0 amide bonds. The Labute approximate surface area is 105 Å². The van der Waals surface area contributed by atoms with Crippen LogP contribution >= 0.6 is 0 Å². The van der Waals surface area contributed by atoms with Gasteiger partial charge in [-0.1, -0.05) is 31.2 Å². The van der Waals surface area contributed by atoms with E-state index in [2.05, 4.69) is 51.1 Å². The zero-order valence-corrected chi connectivity index (χ0v) is 11.5. The van der Waals surface area contributed by atoms with Crippen molar-refractivity contribution in [3.05, 3.63) is 35.9 Å². The van der Waals surface area contributed by atoms with E-state index in [0.717, 1.165) is 12.3 Å². The SMILES string of the molecule is CC=C(c1ccccc1OC)[C@@H](C)CN(C)C. The van der Waals surface area contributed by atoms with Crippen LogP contribution in [0.5, 0.6) is 5.75 Å². The second kappa shape index (κ2) is 6.45. The second-order valence-corrected chi connectivity index (χ2v) is 4.61. The number of allylic oxidation sites excluding steroid dienone is 1. The predicted molar refractivity (Wildman–Crippen MR) is 74.4 cm³/mol. The number of ether oxygens (including phenoxy) is 1. The third-order valence-corrected chi connectivity index (χ3v) is 2.90. The van der Waals surface area contributed by atoms with Gasteiger partial charge in [0.2, 0.25) is 0 Å². The Morgan fingerprint density at radius 2 is 2.00 bits per heavy atom. The molecule has 17 heavy (non-hydrogen) atoms. The van der Waals surface area contributed by atoms with E-state index >= 15 is 0 Å². The first-order chi connectivity index (χ1) is 8.10. The number of methoxy groups -OCH3 is 1. The molecule has 0 spiro atoms. The molecule has 94 valence electrons. The minimum absolute atomic E-state index is 0.492. The van der Waals surface area contributed by atoms with Gasteiger partial charge in [-0.25, -0.2) is 0 Å². The van der Waals surface area contributed by atoms with E-state index < -0.39 is 0 Å². The maximum atomic E-state index is 5.43. The van der Waals surface area contributed by atoms with Crippen LogP contribution in [-0.4, -0.2) is 32.6 Å². The molecule has 0 saturated heterocycles. The van der Waals surface area contributed by atoms with Gasteiger partial charge in [-0.15, -0.1) is 0 Å². The predicted octanol–water partition coefficient (Wildman–Crippen LogP) is 3.30. The first-order valence-corrected chi connectivity index (χ1v) is 6.04. The molecule has 0 heterocycles. The van der Waals surface area contributed by atoms with Crippen molar-refractivity contribution in [3.63, 3.8) is 0 Å². The molecular weight excluding hydrogens is 210 g/mol. The number of hydrogen-bond acceptors (Lipinski definition) is 2. The van der Waals surface area contributed by atoms with Gasteiger partial charge in [0, 0.05) is 12.1 Å². The highest BCUT2D eigenvalue weighted by Gasteiger charge is 2.14. The van der Waals surface area contributed by atoms with Crippen molar-refractivity contribution in [2.24, 2.45) is 5.92 Å². The Morgan fingerprint density at radius 3 is 2.53 bits per heavy atom. The van der Waals surface area contributed by atoms with Gasteiger partial charge in [0.25, 0.3) is 0 Å². The highest BCUT2D eigenvalue weighted by Crippen LogP contribution is 2.31. The molecule has 2 heteroatoms. The summed E-state index contributed by atoms with van der Waals surface area (Å²) in [6.45, 7) is 5.38. The largest absolute Gasteiger partial charge is 0.496 e. The van der Waals surface area contributed by atoms with E-state index in [1.807, 2.05) is 12.1 Å². The summed E-state index contributed by atoms with van der Waals surface area (Å²) in [6.07, 6.45) is 2.19. The average Bonchev–Trinajstić information content (AvgIpc) is 2.29. The monoisotopic (exact) mass is 233 g/mol. The Bertz CT molecular complexity index is 382. The molecule has 0 radical (unpaired) electrons. The second-order valence-electron chi connectivity index (χ2n) is 4.61. The van der Waals surface area contributed by atoms with Crippen LogP contribution in [0.15, 0.2) is 30.3 Å². The van der Waals surface area contributed by atoms with Gasteiger partial charge in [0.05, 0.1) is 7.11 Å². The first kappa shape index (κ1) is 13.8. The molecule has 0 saturated carbocycles. The van der Waals surface area contributed by atoms with E-state index in [9.17, 15) is 0 Å². The first-order valence-electron chi connectivity index (χ1n) is 6.04. The van der Waals surface area contributed by atoms with Crippen molar-refractivity contribution in [1.29, 1.82) is 0 Å². The van der Waals surface area contributed by atoms with Crippen molar-refractivity contribution in [2.45, 2.75) is 13.8 Å². The van der Waals surface area contributed by atoms with Gasteiger partial charge in [0.1, 0.15) is 5.75 Å². The van der Waals surface area contributed by atoms with Crippen molar-refractivity contribution in [1.82, 2.24) is 4.90 Å². The molecule has 0 aliphatic carbocycles. The maximum absolute atomic E-state index is 5.43. The minimum atomic E-state index is 0.492. The summed E-state index contributed by atoms with van der Waals surface area (Å²) in [5, 5.41) is 0. The molecule has 1 rings (SSSR count). The highest BCUT2D eigenvalue weighted by atomic mass is 16.5. The number of nitrogens with zero attached hydrogens (tertiary/aromatic N) is 1. The molecule has 0 fully saturated rings. The van der Waals surface area contributed by atoms with Crippen LogP contribution in [0.4, 0.5) is 0 Å². The van der Waals surface area contributed by atoms with E-state index in [4.69, 9.17) is 4.74 Å². The fourth-order valence-corrected chi connectivity index (χ4v) is 2.23. The summed E-state index contributed by atoms with van der Waals surface area (Å²) in [7, 11) is 5.93. The lowest BCUT2D eigenvalue weighted by Crippen LogP contribution is -2.20. The molecule has 2 nitrogen and oxygen atoms in total. The molecule has 0 aliphatic rings. The molecule has 0 bridgehead atoms. The van der Waals surface area contributed by atoms with Crippen LogP contribution in [0.1, 0.15) is 19.4 Å². The fraction of sp³-hybridized carbons (Fsp3) is 0.467. The van der Waals surface area contributed by atoms with Crippen LogP contribution in [0.25, 0.3) is 5.57 Å². The van der Waals surface area contributed by atoms with E-state index in [1.54, 1.807) is 7.11 Å². The fourth-order valence-electron chi connectivity index (χ4n) is 2.23. The van der Waals surface area contributed by atoms with E-state index in [-0.39, 0.29) is 0 Å². The topological polar surface area (TPSA) is 12.5 Å². The van der Waals surface area contributed by atoms with E-state index in [0.29, 0.717) is 5.92 Å². The van der Waals surface area contributed by atoms with Gasteiger partial charge in [-0.05, 0) is 38.6 Å². The lowest BCUT2D eigenvalue weighted by atomic mass is 9.92. The Balaban J connectivity index is 3.02. The molecule has 0 unspecified atom stereocenters. The standard InChI is InChI=1S/C15H23NO/c1-6-13(12(2)11-16(3)4)14-9-7-8-10-15(14)17-5/h6-10,12H,11H2,1-5H3/t12-/m0/s1. The van der Waals surface area contributed by atoms with Crippen LogP contribution in [0.2, 0.25) is 0 Å². The van der Waals surface area contributed by atoms with Crippen molar-refractivity contribution < 1.29 is 4.74 Å². The lowest BCUT2D eigenvalue weighted by Gasteiger charge is -2.21. The number of hydrogen-bond donors (Lipinski definition) is 0. The van der Waals surface area contributed by atoms with Gasteiger partial charge in [-0.3, -0.25) is 0 Å². The van der Waals surface area contributed by atoms with Crippen LogP contribution in [-0.2, 0) is 0 Å². The third-order valence-electron chi connectivity index (χ3n) is 2.90. The van der Waals surface area contributed by atoms with E-state index in [1.165, 1.54) is 11.1 Å². The van der Waals surface area contributed by atoms with Crippen molar-refractivity contribution in [3.8, 4) is 5.75 Å². The van der Waals surface area contributed by atoms with Gasteiger partial charge < -0.3 is 9.64 Å². The molecule has 0 aromatic heterocycles. The minimum Gasteiger partial charge on any atom is -0.496 e. The lowest BCUT2D eigenvalue weighted by molar-refractivity contribution is 0.374. The Hall–Kier alpha value is -1.28. The molecule has 1 atom stereocenters. The summed E-state index contributed by atoms with van der Waals surface area (Å²) < 4.78 is 5.43. The van der Waals surface area contributed by atoms with Crippen LogP contribution in [0.3, 0.4) is 0 Å². The Morgan fingerprint density at radius 1 is 1.35 bits per heavy atom. The summed E-state index contributed by atoms with van der Waals surface area (Å²) in [5.74, 6) is 1.44. The summed E-state index contributed by atoms with van der Waals surface area (Å²) in [6, 6.07) is 8.21. The summed E-state index contributed by atoms with van der Waals surface area (Å²) >= 11 is 0. The molecular formula is C15H23NO. The van der Waals surface area contributed by atoms with Crippen molar-refractivity contribution >= 4 is 5.57 Å². The van der Waals surface area contributed by atoms with Gasteiger partial charge in [0.15, 0.2) is 0 Å². The number of benzene rings is 1. The third kappa shape index (κ3) is 3.60. The zero-order valence-electron chi connectivity index (χ0n) is 11.5. The zero-order chi connectivity index (χ0) is 12.8. The number of para-hydroxylation sites is 1. The van der Waals surface area contributed by atoms with Crippen molar-refractivity contribution in [2.75, 3.05) is 27.7 Å². The van der Waals surface area contributed by atoms with Crippen LogP contribution in [0, 0.1) is 5.92 Å². The highest BCUT2D eigenvalue weighted by molar-refractivity contribution is 5.71. The molecule has 0 aliphatic heterocycles. The average molecular weight is 233 g/mol. The summed E-state index contributed by atoms with van der Waals surface area (Å²) in [4.78, 5) is 2.21. The normalized spacial score (nSPS) is 13.9. The van der Waals surface area contributed by atoms with Crippen LogP contribution < -0.4 is 4.74 Å². The number of rotatable bonds is 5. The summed E-state index contributed by atoms with van der Waals surface area (Å²) in [5.41, 5.74) is 2.54. The molecule has 0 N–H and O–H groups in total. The molecule has 1 aromatic rings. The smallest absolute Gasteiger partial charge is 0.126 e. The molecule has 1 aromatic carbocycles.